The third kappa shape index (κ3) is 3.61. The van der Waals surface area contributed by atoms with Crippen LogP contribution in [0.2, 0.25) is 0 Å². The molecule has 3 heterocycles. The normalized spacial score (nSPS) is 11.6. The maximum Gasteiger partial charge on any atom is 0.227 e. The molecule has 154 valence electrons. The molecule has 0 bridgehead atoms. The number of nitrogens with zero attached hydrogens (tertiary/aromatic N) is 2. The average molecular weight is 407 g/mol. The van der Waals surface area contributed by atoms with E-state index in [1.54, 1.807) is 0 Å². The minimum atomic E-state index is 0.656. The SMILES string of the molecule is Cc1ccc2c(n1)oc1c(-c3cc(-c4ccc(CC(C)C)cc4)ccn3)c(C)ccc12. The fourth-order valence-corrected chi connectivity index (χ4v) is 4.28. The van der Waals surface area contributed by atoms with Gasteiger partial charge in [-0.3, -0.25) is 4.98 Å². The fraction of sp³-hybridized carbons (Fsp3) is 0.214. The van der Waals surface area contributed by atoms with E-state index in [2.05, 4.69) is 80.4 Å². The minimum Gasteiger partial charge on any atom is -0.437 e. The van der Waals surface area contributed by atoms with Crippen molar-refractivity contribution >= 4 is 22.1 Å². The van der Waals surface area contributed by atoms with E-state index < -0.39 is 0 Å². The molecule has 0 radical (unpaired) electrons. The molecule has 0 spiro atoms. The molecule has 0 fully saturated rings. The van der Waals surface area contributed by atoms with Crippen molar-refractivity contribution in [1.29, 1.82) is 0 Å². The highest BCUT2D eigenvalue weighted by molar-refractivity contribution is 6.09. The van der Waals surface area contributed by atoms with Crippen LogP contribution in [-0.2, 0) is 6.42 Å². The zero-order chi connectivity index (χ0) is 21.5. The fourth-order valence-electron chi connectivity index (χ4n) is 4.28. The van der Waals surface area contributed by atoms with Crippen molar-refractivity contribution in [3.05, 3.63) is 83.7 Å². The highest BCUT2D eigenvalue weighted by Crippen LogP contribution is 2.37. The first kappa shape index (κ1) is 19.5. The van der Waals surface area contributed by atoms with Crippen LogP contribution in [0.1, 0.15) is 30.7 Å². The van der Waals surface area contributed by atoms with Gasteiger partial charge in [0.2, 0.25) is 5.71 Å². The molecular formula is C28H26N2O. The Morgan fingerprint density at radius 1 is 0.839 bits per heavy atom. The molecule has 0 unspecified atom stereocenters. The second kappa shape index (κ2) is 7.66. The van der Waals surface area contributed by atoms with E-state index in [1.807, 2.05) is 19.2 Å². The summed E-state index contributed by atoms with van der Waals surface area (Å²) in [5, 5.41) is 2.12. The Labute approximate surface area is 182 Å². The summed E-state index contributed by atoms with van der Waals surface area (Å²) < 4.78 is 6.25. The molecular weight excluding hydrogens is 380 g/mol. The average Bonchev–Trinajstić information content (AvgIpc) is 3.11. The molecule has 5 aromatic rings. The standard InChI is InChI=1S/C28H26N2O/c1-17(2)15-20-7-9-21(10-8-20)22-13-14-29-25(16-22)26-18(3)5-11-23-24-12-6-19(4)30-28(24)31-27(23)26/h5-14,16-17H,15H2,1-4H3. The summed E-state index contributed by atoms with van der Waals surface area (Å²) in [4.78, 5) is 9.29. The van der Waals surface area contributed by atoms with Crippen molar-refractivity contribution in [3.63, 3.8) is 0 Å². The summed E-state index contributed by atoms with van der Waals surface area (Å²) in [6, 6.07) is 21.5. The van der Waals surface area contributed by atoms with Crippen LogP contribution in [0.15, 0.2) is 71.3 Å². The van der Waals surface area contributed by atoms with E-state index in [0.29, 0.717) is 11.6 Å². The zero-order valence-corrected chi connectivity index (χ0v) is 18.4. The summed E-state index contributed by atoms with van der Waals surface area (Å²) >= 11 is 0. The lowest BCUT2D eigenvalue weighted by Crippen LogP contribution is -1.93. The summed E-state index contributed by atoms with van der Waals surface area (Å²) in [6.45, 7) is 8.59. The van der Waals surface area contributed by atoms with Crippen molar-refractivity contribution in [2.24, 2.45) is 5.92 Å². The smallest absolute Gasteiger partial charge is 0.227 e. The Hall–Kier alpha value is -3.46. The van der Waals surface area contributed by atoms with Crippen molar-refractivity contribution in [3.8, 4) is 22.4 Å². The number of fused-ring (bicyclic) bond motifs is 3. The first-order valence-corrected chi connectivity index (χ1v) is 10.8. The van der Waals surface area contributed by atoms with Crippen LogP contribution in [0.3, 0.4) is 0 Å². The molecule has 0 aliphatic rings. The first-order chi connectivity index (χ1) is 15.0. The lowest BCUT2D eigenvalue weighted by atomic mass is 9.97. The Kier molecular flexibility index (Phi) is 4.82. The largest absolute Gasteiger partial charge is 0.437 e. The molecule has 0 atom stereocenters. The van der Waals surface area contributed by atoms with Crippen molar-refractivity contribution in [2.45, 2.75) is 34.1 Å². The van der Waals surface area contributed by atoms with Gasteiger partial charge in [-0.15, -0.1) is 0 Å². The Bertz CT molecular complexity index is 1390. The van der Waals surface area contributed by atoms with Gasteiger partial charge in [0.15, 0.2) is 0 Å². The van der Waals surface area contributed by atoms with E-state index in [-0.39, 0.29) is 0 Å². The number of benzene rings is 2. The third-order valence-corrected chi connectivity index (χ3v) is 5.80. The van der Waals surface area contributed by atoms with Crippen molar-refractivity contribution < 1.29 is 4.42 Å². The quantitative estimate of drug-likeness (QED) is 0.310. The third-order valence-electron chi connectivity index (χ3n) is 5.80. The van der Waals surface area contributed by atoms with Crippen LogP contribution in [0.25, 0.3) is 44.5 Å². The molecule has 31 heavy (non-hydrogen) atoms. The number of hydrogen-bond acceptors (Lipinski definition) is 3. The Morgan fingerprint density at radius 3 is 2.39 bits per heavy atom. The highest BCUT2D eigenvalue weighted by atomic mass is 16.3. The molecule has 2 aromatic carbocycles. The highest BCUT2D eigenvalue weighted by Gasteiger charge is 2.17. The van der Waals surface area contributed by atoms with E-state index in [4.69, 9.17) is 9.40 Å². The molecule has 3 aromatic heterocycles. The Balaban J connectivity index is 1.62. The van der Waals surface area contributed by atoms with Crippen LogP contribution in [0.5, 0.6) is 0 Å². The summed E-state index contributed by atoms with van der Waals surface area (Å²) in [7, 11) is 0. The molecule has 5 rings (SSSR count). The van der Waals surface area contributed by atoms with Gasteiger partial charge in [0, 0.05) is 28.2 Å². The maximum absolute atomic E-state index is 6.25. The van der Waals surface area contributed by atoms with Gasteiger partial charge < -0.3 is 4.42 Å². The van der Waals surface area contributed by atoms with Crippen LogP contribution >= 0.6 is 0 Å². The Morgan fingerprint density at radius 2 is 1.61 bits per heavy atom. The van der Waals surface area contributed by atoms with E-state index in [0.717, 1.165) is 50.9 Å². The molecule has 3 heteroatoms. The van der Waals surface area contributed by atoms with Crippen LogP contribution in [0, 0.1) is 19.8 Å². The summed E-state index contributed by atoms with van der Waals surface area (Å²) in [5.41, 5.74) is 9.30. The van der Waals surface area contributed by atoms with Gasteiger partial charge in [-0.1, -0.05) is 50.2 Å². The second-order valence-electron chi connectivity index (χ2n) is 8.77. The second-order valence-corrected chi connectivity index (χ2v) is 8.77. The molecule has 0 saturated carbocycles. The maximum atomic E-state index is 6.25. The number of rotatable bonds is 4. The van der Waals surface area contributed by atoms with Gasteiger partial charge in [-0.25, -0.2) is 4.98 Å². The van der Waals surface area contributed by atoms with Gasteiger partial charge in [0.25, 0.3) is 0 Å². The molecule has 0 amide bonds. The minimum absolute atomic E-state index is 0.656. The van der Waals surface area contributed by atoms with Crippen molar-refractivity contribution in [2.75, 3.05) is 0 Å². The van der Waals surface area contributed by atoms with Gasteiger partial charge in [-0.05, 0) is 72.7 Å². The predicted molar refractivity (Wildman–Crippen MR) is 128 cm³/mol. The van der Waals surface area contributed by atoms with Crippen LogP contribution < -0.4 is 0 Å². The number of aryl methyl sites for hydroxylation is 2. The summed E-state index contributed by atoms with van der Waals surface area (Å²) in [6.07, 6.45) is 2.98. The van der Waals surface area contributed by atoms with Crippen LogP contribution in [-0.4, -0.2) is 9.97 Å². The number of pyridine rings is 2. The topological polar surface area (TPSA) is 38.9 Å². The molecule has 0 N–H and O–H groups in total. The van der Waals surface area contributed by atoms with Crippen LogP contribution in [0.4, 0.5) is 0 Å². The zero-order valence-electron chi connectivity index (χ0n) is 18.4. The summed E-state index contributed by atoms with van der Waals surface area (Å²) in [5.74, 6) is 0.656. The first-order valence-electron chi connectivity index (χ1n) is 10.8. The lowest BCUT2D eigenvalue weighted by molar-refractivity contribution is 0.647. The monoisotopic (exact) mass is 406 g/mol. The lowest BCUT2D eigenvalue weighted by Gasteiger charge is -2.10. The number of aromatic nitrogens is 2. The molecule has 0 aliphatic carbocycles. The van der Waals surface area contributed by atoms with Gasteiger partial charge in [0.05, 0.1) is 5.69 Å². The van der Waals surface area contributed by atoms with E-state index in [1.165, 1.54) is 11.1 Å². The van der Waals surface area contributed by atoms with Gasteiger partial charge in [-0.2, -0.15) is 0 Å². The predicted octanol–water partition coefficient (Wildman–Crippen LogP) is 7.53. The van der Waals surface area contributed by atoms with Gasteiger partial charge in [0.1, 0.15) is 5.58 Å². The van der Waals surface area contributed by atoms with E-state index in [9.17, 15) is 0 Å². The van der Waals surface area contributed by atoms with E-state index >= 15 is 0 Å². The molecule has 3 nitrogen and oxygen atoms in total. The number of furan rings is 1. The molecule has 0 aliphatic heterocycles. The van der Waals surface area contributed by atoms with Crippen molar-refractivity contribution in [1.82, 2.24) is 9.97 Å². The van der Waals surface area contributed by atoms with Gasteiger partial charge >= 0.3 is 0 Å². The number of hydrogen-bond donors (Lipinski definition) is 0. The molecule has 0 saturated heterocycles.